The molecule has 0 heterocycles. The van der Waals surface area contributed by atoms with Crippen LogP contribution in [0.4, 0.5) is 0 Å². The molecule has 0 saturated carbocycles. The van der Waals surface area contributed by atoms with Crippen LogP contribution in [0.3, 0.4) is 0 Å². The van der Waals surface area contributed by atoms with E-state index < -0.39 is 0 Å². The summed E-state index contributed by atoms with van der Waals surface area (Å²) in [5.74, 6) is 0. The zero-order chi connectivity index (χ0) is 11.1. The van der Waals surface area contributed by atoms with Crippen LogP contribution in [0.25, 0.3) is 0 Å². The topological polar surface area (TPSA) is 35.2 Å². The van der Waals surface area contributed by atoms with E-state index in [1.54, 1.807) is 0 Å². The molecule has 0 amide bonds. The summed E-state index contributed by atoms with van der Waals surface area (Å²) in [6.07, 6.45) is 2.29. The first kappa shape index (κ1) is 12.2. The highest BCUT2D eigenvalue weighted by Gasteiger charge is 2.06. The Bertz CT molecular complexity index is 258. The molecule has 0 fully saturated rings. The summed E-state index contributed by atoms with van der Waals surface area (Å²) in [6, 6.07) is 10.6. The fourth-order valence-electron chi connectivity index (χ4n) is 1.34. The van der Waals surface area contributed by atoms with Gasteiger partial charge in [0.25, 0.3) is 0 Å². The number of benzene rings is 1. The number of hydrogen-bond acceptors (Lipinski definition) is 2. The molecule has 2 heteroatoms. The van der Waals surface area contributed by atoms with Crippen molar-refractivity contribution in [1.29, 1.82) is 0 Å². The van der Waals surface area contributed by atoms with E-state index in [1.807, 2.05) is 19.9 Å². The molecule has 15 heavy (non-hydrogen) atoms. The van der Waals surface area contributed by atoms with E-state index in [0.717, 1.165) is 19.4 Å². The maximum absolute atomic E-state index is 5.70. The smallest absolute Gasteiger partial charge is 0.0695 e. The molecular weight excluding hydrogens is 186 g/mol. The average Bonchev–Trinajstić information content (AvgIpc) is 2.25. The Morgan fingerprint density at radius 2 is 1.87 bits per heavy atom. The van der Waals surface area contributed by atoms with Crippen LogP contribution in [-0.4, -0.2) is 18.8 Å². The van der Waals surface area contributed by atoms with Crippen LogP contribution in [0, 0.1) is 0 Å². The first-order valence-electron chi connectivity index (χ1n) is 5.61. The summed E-state index contributed by atoms with van der Waals surface area (Å²) >= 11 is 0. The average molecular weight is 207 g/mol. The summed E-state index contributed by atoms with van der Waals surface area (Å²) in [4.78, 5) is 0. The first-order chi connectivity index (χ1) is 7.20. The largest absolute Gasteiger partial charge is 0.377 e. The Hall–Kier alpha value is -0.860. The van der Waals surface area contributed by atoms with E-state index in [4.69, 9.17) is 10.5 Å². The molecule has 84 valence electrons. The van der Waals surface area contributed by atoms with E-state index in [-0.39, 0.29) is 12.1 Å². The molecule has 0 saturated heterocycles. The van der Waals surface area contributed by atoms with Crippen molar-refractivity contribution in [2.24, 2.45) is 5.73 Å². The molecule has 1 aromatic rings. The van der Waals surface area contributed by atoms with Gasteiger partial charge in [-0.25, -0.2) is 0 Å². The van der Waals surface area contributed by atoms with E-state index in [9.17, 15) is 0 Å². The summed E-state index contributed by atoms with van der Waals surface area (Å²) < 4.78 is 5.60. The molecule has 0 radical (unpaired) electrons. The van der Waals surface area contributed by atoms with Gasteiger partial charge in [-0.05, 0) is 32.3 Å². The van der Waals surface area contributed by atoms with Crippen molar-refractivity contribution in [3.05, 3.63) is 35.9 Å². The van der Waals surface area contributed by atoms with Gasteiger partial charge in [-0.15, -0.1) is 0 Å². The standard InChI is InChI=1S/C13H21NO/c1-11(14)12(2)15-10-6-9-13-7-4-3-5-8-13/h3-5,7-8,11-12H,6,9-10,14H2,1-2H3/t11-,12?/m0/s1. The van der Waals surface area contributed by atoms with Gasteiger partial charge in [-0.1, -0.05) is 30.3 Å². The summed E-state index contributed by atoms with van der Waals surface area (Å²) in [6.45, 7) is 4.78. The molecule has 0 aliphatic heterocycles. The number of ether oxygens (including phenoxy) is 1. The van der Waals surface area contributed by atoms with Crippen molar-refractivity contribution in [2.75, 3.05) is 6.61 Å². The second-order valence-corrected chi connectivity index (χ2v) is 4.02. The third-order valence-corrected chi connectivity index (χ3v) is 2.57. The zero-order valence-corrected chi connectivity index (χ0v) is 9.65. The van der Waals surface area contributed by atoms with Crippen molar-refractivity contribution in [2.45, 2.75) is 38.8 Å². The summed E-state index contributed by atoms with van der Waals surface area (Å²) in [7, 11) is 0. The maximum atomic E-state index is 5.70. The van der Waals surface area contributed by atoms with Crippen LogP contribution in [0.2, 0.25) is 0 Å². The van der Waals surface area contributed by atoms with Crippen LogP contribution < -0.4 is 5.73 Å². The maximum Gasteiger partial charge on any atom is 0.0695 e. The lowest BCUT2D eigenvalue weighted by Crippen LogP contribution is -2.31. The minimum atomic E-state index is 0.113. The first-order valence-corrected chi connectivity index (χ1v) is 5.61. The molecule has 0 aliphatic carbocycles. The van der Waals surface area contributed by atoms with Gasteiger partial charge >= 0.3 is 0 Å². The van der Waals surface area contributed by atoms with E-state index in [2.05, 4.69) is 24.3 Å². The van der Waals surface area contributed by atoms with Gasteiger partial charge in [0.2, 0.25) is 0 Å². The van der Waals surface area contributed by atoms with E-state index >= 15 is 0 Å². The number of aryl methyl sites for hydroxylation is 1. The number of nitrogens with two attached hydrogens (primary N) is 1. The minimum absolute atomic E-state index is 0.113. The van der Waals surface area contributed by atoms with E-state index in [1.165, 1.54) is 5.56 Å². The highest BCUT2D eigenvalue weighted by atomic mass is 16.5. The monoisotopic (exact) mass is 207 g/mol. The Kier molecular flexibility index (Phi) is 5.37. The molecule has 1 unspecified atom stereocenters. The van der Waals surface area contributed by atoms with Gasteiger partial charge in [0.15, 0.2) is 0 Å². The number of hydrogen-bond donors (Lipinski definition) is 1. The normalized spacial score (nSPS) is 14.9. The molecule has 0 bridgehead atoms. The second kappa shape index (κ2) is 6.59. The third-order valence-electron chi connectivity index (χ3n) is 2.57. The molecule has 1 aromatic carbocycles. The van der Waals surface area contributed by atoms with Crippen LogP contribution in [0.15, 0.2) is 30.3 Å². The lowest BCUT2D eigenvalue weighted by Gasteiger charge is -2.16. The Balaban J connectivity index is 2.12. The fraction of sp³-hybridized carbons (Fsp3) is 0.538. The summed E-state index contributed by atoms with van der Waals surface area (Å²) in [5.41, 5.74) is 7.07. The van der Waals surface area contributed by atoms with Gasteiger partial charge in [0, 0.05) is 12.6 Å². The third kappa shape index (κ3) is 4.96. The molecule has 1 rings (SSSR count). The number of rotatable bonds is 6. The fourth-order valence-corrected chi connectivity index (χ4v) is 1.34. The summed E-state index contributed by atoms with van der Waals surface area (Å²) in [5, 5.41) is 0. The Morgan fingerprint density at radius 3 is 2.47 bits per heavy atom. The quantitative estimate of drug-likeness (QED) is 0.727. The van der Waals surface area contributed by atoms with Gasteiger partial charge < -0.3 is 10.5 Å². The van der Waals surface area contributed by atoms with Gasteiger partial charge in [-0.2, -0.15) is 0 Å². The molecular formula is C13H21NO. The second-order valence-electron chi connectivity index (χ2n) is 4.02. The molecule has 2 nitrogen and oxygen atoms in total. The molecule has 0 aromatic heterocycles. The van der Waals surface area contributed by atoms with Crippen LogP contribution >= 0.6 is 0 Å². The lowest BCUT2D eigenvalue weighted by molar-refractivity contribution is 0.0508. The SMILES string of the molecule is CC(OCCCc1ccccc1)[C@H](C)N. The molecule has 0 aliphatic rings. The highest BCUT2D eigenvalue weighted by molar-refractivity contribution is 5.14. The van der Waals surface area contributed by atoms with Gasteiger partial charge in [-0.3, -0.25) is 0 Å². The van der Waals surface area contributed by atoms with Crippen molar-refractivity contribution in [1.82, 2.24) is 0 Å². The highest BCUT2D eigenvalue weighted by Crippen LogP contribution is 2.03. The molecule has 0 spiro atoms. The zero-order valence-electron chi connectivity index (χ0n) is 9.65. The Morgan fingerprint density at radius 1 is 1.20 bits per heavy atom. The van der Waals surface area contributed by atoms with Crippen LogP contribution in [0.5, 0.6) is 0 Å². The van der Waals surface area contributed by atoms with Crippen molar-refractivity contribution >= 4 is 0 Å². The van der Waals surface area contributed by atoms with Crippen LogP contribution in [-0.2, 0) is 11.2 Å². The van der Waals surface area contributed by atoms with Gasteiger partial charge in [0.1, 0.15) is 0 Å². The van der Waals surface area contributed by atoms with Gasteiger partial charge in [0.05, 0.1) is 6.10 Å². The van der Waals surface area contributed by atoms with Crippen LogP contribution in [0.1, 0.15) is 25.8 Å². The predicted molar refractivity (Wildman–Crippen MR) is 63.8 cm³/mol. The van der Waals surface area contributed by atoms with Crippen molar-refractivity contribution in [3.8, 4) is 0 Å². The molecule has 2 atom stereocenters. The van der Waals surface area contributed by atoms with Crippen molar-refractivity contribution in [3.63, 3.8) is 0 Å². The predicted octanol–water partition coefficient (Wildman–Crippen LogP) is 2.37. The van der Waals surface area contributed by atoms with E-state index in [0.29, 0.717) is 0 Å². The minimum Gasteiger partial charge on any atom is -0.377 e. The molecule has 2 N–H and O–H groups in total. The van der Waals surface area contributed by atoms with Crippen molar-refractivity contribution < 1.29 is 4.74 Å². The Labute approximate surface area is 92.4 Å². The lowest BCUT2D eigenvalue weighted by atomic mass is 10.1.